The molecular formula is C15H14F2N2O2. The van der Waals surface area contributed by atoms with Crippen molar-refractivity contribution in [3.8, 4) is 5.88 Å². The molecule has 0 radical (unpaired) electrons. The molecule has 4 nitrogen and oxygen atoms in total. The Hall–Kier alpha value is -2.34. The number of rotatable bonds is 5. The Morgan fingerprint density at radius 1 is 1.33 bits per heavy atom. The van der Waals surface area contributed by atoms with Crippen molar-refractivity contribution in [2.24, 2.45) is 5.73 Å². The van der Waals surface area contributed by atoms with E-state index < -0.39 is 17.7 Å². The van der Waals surface area contributed by atoms with Crippen molar-refractivity contribution in [2.75, 3.05) is 7.11 Å². The minimum Gasteiger partial charge on any atom is -0.481 e. The maximum Gasteiger partial charge on any atom is 0.213 e. The lowest BCUT2D eigenvalue weighted by Gasteiger charge is -2.12. The number of pyridine rings is 1. The highest BCUT2D eigenvalue weighted by atomic mass is 19.1. The number of nitrogens with zero attached hydrogens (tertiary/aromatic N) is 1. The van der Waals surface area contributed by atoms with Crippen LogP contribution in [-0.2, 0) is 6.42 Å². The molecule has 1 aromatic heterocycles. The smallest absolute Gasteiger partial charge is 0.213 e. The van der Waals surface area contributed by atoms with Gasteiger partial charge in [0.05, 0.1) is 13.2 Å². The molecule has 0 aliphatic carbocycles. The first kappa shape index (κ1) is 15.1. The zero-order valence-electron chi connectivity index (χ0n) is 11.3. The summed E-state index contributed by atoms with van der Waals surface area (Å²) in [7, 11) is 1.43. The van der Waals surface area contributed by atoms with Gasteiger partial charge < -0.3 is 10.5 Å². The fourth-order valence-electron chi connectivity index (χ4n) is 1.91. The fourth-order valence-corrected chi connectivity index (χ4v) is 1.91. The van der Waals surface area contributed by atoms with Gasteiger partial charge in [0.25, 0.3) is 0 Å². The molecule has 6 heteroatoms. The van der Waals surface area contributed by atoms with E-state index in [1.54, 1.807) is 0 Å². The number of hydrogen-bond acceptors (Lipinski definition) is 4. The number of hydrogen-bond donors (Lipinski definition) is 1. The number of halogens is 2. The monoisotopic (exact) mass is 292 g/mol. The van der Waals surface area contributed by atoms with E-state index in [-0.39, 0.29) is 17.8 Å². The van der Waals surface area contributed by atoms with E-state index in [2.05, 4.69) is 4.98 Å². The van der Waals surface area contributed by atoms with Gasteiger partial charge in [-0.05, 0) is 24.1 Å². The first-order chi connectivity index (χ1) is 10.0. The van der Waals surface area contributed by atoms with Gasteiger partial charge in [-0.1, -0.05) is 6.07 Å². The summed E-state index contributed by atoms with van der Waals surface area (Å²) in [5.74, 6) is -1.46. The average Bonchev–Trinajstić information content (AvgIpc) is 2.49. The Morgan fingerprint density at radius 2 is 2.10 bits per heavy atom. The minimum absolute atomic E-state index is 0.0183. The van der Waals surface area contributed by atoms with Crippen LogP contribution >= 0.6 is 0 Å². The van der Waals surface area contributed by atoms with E-state index in [0.717, 1.165) is 12.1 Å². The maximum atomic E-state index is 13.6. The maximum absolute atomic E-state index is 13.6. The van der Waals surface area contributed by atoms with Crippen molar-refractivity contribution >= 4 is 5.78 Å². The third-order valence-electron chi connectivity index (χ3n) is 3.02. The summed E-state index contributed by atoms with van der Waals surface area (Å²) in [6, 6.07) is 5.21. The molecule has 1 heterocycles. The third kappa shape index (κ3) is 3.61. The normalized spacial score (nSPS) is 12.0. The topological polar surface area (TPSA) is 65.2 Å². The molecule has 0 saturated carbocycles. The number of carbonyl (C=O) groups excluding carboxylic acids is 1. The van der Waals surface area contributed by atoms with E-state index in [9.17, 15) is 13.6 Å². The van der Waals surface area contributed by atoms with Crippen LogP contribution in [0.1, 0.15) is 15.9 Å². The molecule has 0 saturated heterocycles. The average molecular weight is 292 g/mol. The minimum atomic E-state index is -0.933. The van der Waals surface area contributed by atoms with Crippen LogP contribution in [0.2, 0.25) is 0 Å². The standard InChI is InChI=1S/C15H14F2N2O2/c1-21-14-7-10(4-5-19-14)15(20)13(18)6-9-2-3-11(16)8-12(9)17/h2-5,7-8,13H,6,18H2,1H3. The second-order valence-electron chi connectivity index (χ2n) is 4.50. The van der Waals surface area contributed by atoms with Crippen molar-refractivity contribution in [3.05, 3.63) is 59.3 Å². The molecule has 1 atom stereocenters. The molecule has 0 spiro atoms. The van der Waals surface area contributed by atoms with Crippen molar-refractivity contribution in [1.29, 1.82) is 0 Å². The predicted octanol–water partition coefficient (Wildman–Crippen LogP) is 2.12. The number of ether oxygens (including phenoxy) is 1. The number of nitrogens with two attached hydrogens (primary N) is 1. The summed E-state index contributed by atoms with van der Waals surface area (Å²) in [5.41, 5.74) is 6.33. The van der Waals surface area contributed by atoms with E-state index in [0.29, 0.717) is 11.4 Å². The van der Waals surface area contributed by atoms with Gasteiger partial charge in [-0.2, -0.15) is 0 Å². The largest absolute Gasteiger partial charge is 0.481 e. The van der Waals surface area contributed by atoms with Crippen molar-refractivity contribution in [3.63, 3.8) is 0 Å². The van der Waals surface area contributed by atoms with Gasteiger partial charge in [-0.3, -0.25) is 4.79 Å². The van der Waals surface area contributed by atoms with Gasteiger partial charge in [0.1, 0.15) is 11.6 Å². The van der Waals surface area contributed by atoms with Crippen molar-refractivity contribution < 1.29 is 18.3 Å². The Kier molecular flexibility index (Phi) is 4.59. The molecule has 2 rings (SSSR count). The van der Waals surface area contributed by atoms with Crippen LogP contribution in [0.15, 0.2) is 36.5 Å². The second kappa shape index (κ2) is 6.41. The summed E-state index contributed by atoms with van der Waals surface area (Å²) < 4.78 is 31.3. The van der Waals surface area contributed by atoms with Crippen LogP contribution in [0.4, 0.5) is 8.78 Å². The molecule has 0 bridgehead atoms. The second-order valence-corrected chi connectivity index (χ2v) is 4.50. The van der Waals surface area contributed by atoms with Crippen LogP contribution < -0.4 is 10.5 Å². The first-order valence-corrected chi connectivity index (χ1v) is 6.25. The van der Waals surface area contributed by atoms with Gasteiger partial charge in [0, 0.05) is 23.9 Å². The summed E-state index contributed by atoms with van der Waals surface area (Å²) in [5, 5.41) is 0. The van der Waals surface area contributed by atoms with Gasteiger partial charge >= 0.3 is 0 Å². The molecule has 0 fully saturated rings. The van der Waals surface area contributed by atoms with E-state index >= 15 is 0 Å². The van der Waals surface area contributed by atoms with Crippen molar-refractivity contribution in [1.82, 2.24) is 4.98 Å². The zero-order chi connectivity index (χ0) is 15.4. The Bertz CT molecular complexity index is 662. The van der Waals surface area contributed by atoms with E-state index in [4.69, 9.17) is 10.5 Å². The van der Waals surface area contributed by atoms with Gasteiger partial charge in [0.15, 0.2) is 5.78 Å². The van der Waals surface area contributed by atoms with Crippen molar-refractivity contribution in [2.45, 2.75) is 12.5 Å². The molecule has 0 aliphatic heterocycles. The SMILES string of the molecule is COc1cc(C(=O)C(N)Cc2ccc(F)cc2F)ccn1. The van der Waals surface area contributed by atoms with Gasteiger partial charge in [0.2, 0.25) is 5.88 Å². The van der Waals surface area contributed by atoms with E-state index in [1.165, 1.54) is 31.5 Å². The van der Waals surface area contributed by atoms with Crippen LogP contribution in [0.5, 0.6) is 5.88 Å². The molecule has 1 aromatic carbocycles. The molecule has 21 heavy (non-hydrogen) atoms. The fraction of sp³-hybridized carbons (Fsp3) is 0.200. The molecule has 110 valence electrons. The quantitative estimate of drug-likeness (QED) is 0.857. The van der Waals surface area contributed by atoms with Crippen LogP contribution in [0.3, 0.4) is 0 Å². The highest BCUT2D eigenvalue weighted by Gasteiger charge is 2.18. The molecule has 2 aromatic rings. The van der Waals surface area contributed by atoms with E-state index in [1.807, 2.05) is 0 Å². The third-order valence-corrected chi connectivity index (χ3v) is 3.02. The highest BCUT2D eigenvalue weighted by Crippen LogP contribution is 2.15. The Labute approximate surface area is 120 Å². The van der Waals surface area contributed by atoms with Gasteiger partial charge in [-0.25, -0.2) is 13.8 Å². The van der Waals surface area contributed by atoms with Crippen LogP contribution in [0.25, 0.3) is 0 Å². The highest BCUT2D eigenvalue weighted by molar-refractivity contribution is 6.00. The Balaban J connectivity index is 2.15. The number of ketones is 1. The lowest BCUT2D eigenvalue weighted by Crippen LogP contribution is -2.33. The van der Waals surface area contributed by atoms with Crippen LogP contribution in [0, 0.1) is 11.6 Å². The summed E-state index contributed by atoms with van der Waals surface area (Å²) in [6.45, 7) is 0. The van der Waals surface area contributed by atoms with Crippen LogP contribution in [-0.4, -0.2) is 23.9 Å². The molecule has 1 unspecified atom stereocenters. The van der Waals surface area contributed by atoms with Gasteiger partial charge in [-0.15, -0.1) is 0 Å². The molecule has 2 N–H and O–H groups in total. The lowest BCUT2D eigenvalue weighted by atomic mass is 9.98. The first-order valence-electron chi connectivity index (χ1n) is 6.25. The number of methoxy groups -OCH3 is 1. The summed E-state index contributed by atoms with van der Waals surface area (Å²) in [6.07, 6.45) is 1.41. The number of Topliss-reactive ketones (excluding diaryl/α,β-unsaturated/α-hetero) is 1. The zero-order valence-corrected chi connectivity index (χ0v) is 11.3. The summed E-state index contributed by atoms with van der Waals surface area (Å²) in [4.78, 5) is 16.1. The number of benzene rings is 1. The number of aromatic nitrogens is 1. The lowest BCUT2D eigenvalue weighted by molar-refractivity contribution is 0.0960. The summed E-state index contributed by atoms with van der Waals surface area (Å²) >= 11 is 0. The molecule has 0 aliphatic rings. The molecule has 0 amide bonds. The number of carbonyl (C=O) groups is 1. The Morgan fingerprint density at radius 3 is 2.76 bits per heavy atom. The molecular weight excluding hydrogens is 278 g/mol. The predicted molar refractivity (Wildman–Crippen MR) is 73.2 cm³/mol.